The highest BCUT2D eigenvalue weighted by molar-refractivity contribution is 5.91. The molecule has 1 saturated carbocycles. The molecule has 1 aliphatic carbocycles. The molecule has 0 aromatic rings. The number of methoxy groups -OCH3 is 1. The van der Waals surface area contributed by atoms with Crippen molar-refractivity contribution in [3.8, 4) is 0 Å². The van der Waals surface area contributed by atoms with Crippen molar-refractivity contribution < 1.29 is 107 Å². The highest BCUT2D eigenvalue weighted by Gasteiger charge is 2.51. The van der Waals surface area contributed by atoms with Crippen LogP contribution in [0.2, 0.25) is 0 Å². The number of fused-ring (bicyclic) bond motifs is 2. The van der Waals surface area contributed by atoms with Crippen LogP contribution >= 0.6 is 0 Å². The van der Waals surface area contributed by atoms with Gasteiger partial charge in [-0.05, 0) is 32.1 Å². The molecule has 22 nitrogen and oxygen atoms in total. The maximum atomic E-state index is 14.0. The van der Waals surface area contributed by atoms with Crippen LogP contribution in [0.4, 0.5) is 0 Å². The van der Waals surface area contributed by atoms with Crippen LogP contribution in [-0.2, 0) is 66.5 Å². The second-order valence-corrected chi connectivity index (χ2v) is 17.1. The Morgan fingerprint density at radius 2 is 1.32 bits per heavy atom. The Labute approximate surface area is 373 Å². The highest BCUT2D eigenvalue weighted by Crippen LogP contribution is 2.45. The van der Waals surface area contributed by atoms with Gasteiger partial charge in [-0.1, -0.05) is 26.0 Å². The molecule has 22 heteroatoms. The third kappa shape index (κ3) is 10.6. The van der Waals surface area contributed by atoms with E-state index < -0.39 is 147 Å². The first kappa shape index (κ1) is 50.4. The van der Waals surface area contributed by atoms with E-state index in [0.29, 0.717) is 6.42 Å². The fourth-order valence-electron chi connectivity index (χ4n) is 9.48. The lowest BCUT2D eigenvalue weighted by molar-refractivity contribution is -0.327. The zero-order valence-electron chi connectivity index (χ0n) is 36.5. The van der Waals surface area contributed by atoms with E-state index in [1.165, 1.54) is 6.08 Å². The number of aliphatic hydroxyl groups excluding tert-OH is 8. The Hall–Kier alpha value is -4.04. The zero-order valence-corrected chi connectivity index (χ0v) is 36.5. The fourth-order valence-corrected chi connectivity index (χ4v) is 9.48. The van der Waals surface area contributed by atoms with Crippen molar-refractivity contribution >= 4 is 23.9 Å². The molecule has 3 saturated heterocycles. The maximum Gasteiger partial charge on any atom is 0.337 e. The molecule has 19 atom stereocenters. The van der Waals surface area contributed by atoms with Crippen molar-refractivity contribution in [2.75, 3.05) is 33.5 Å². The lowest BCUT2D eigenvalue weighted by Crippen LogP contribution is -2.60. The van der Waals surface area contributed by atoms with Crippen LogP contribution in [0, 0.1) is 35.5 Å². The van der Waals surface area contributed by atoms with E-state index in [9.17, 15) is 60.0 Å². The smallest absolute Gasteiger partial charge is 0.337 e. The number of esters is 4. The van der Waals surface area contributed by atoms with Gasteiger partial charge in [0.2, 0.25) is 12.6 Å². The molecule has 5 aliphatic heterocycles. The number of aliphatic hydroxyl groups is 8. The number of allylic oxidation sites excluding steroid dienone is 2. The molecule has 65 heavy (non-hydrogen) atoms. The predicted molar refractivity (Wildman–Crippen MR) is 213 cm³/mol. The van der Waals surface area contributed by atoms with E-state index in [1.807, 2.05) is 6.92 Å². The van der Waals surface area contributed by atoms with Gasteiger partial charge in [0.05, 0.1) is 70.0 Å². The Bertz CT molecular complexity index is 1840. The van der Waals surface area contributed by atoms with Gasteiger partial charge in [-0.15, -0.1) is 0 Å². The zero-order chi connectivity index (χ0) is 47.4. The second-order valence-electron chi connectivity index (χ2n) is 17.1. The maximum absolute atomic E-state index is 14.0. The normalized spacial score (nSPS) is 42.6. The fraction of sp³-hybridized carbons (Fsp3) is 0.721. The van der Waals surface area contributed by atoms with Crippen molar-refractivity contribution in [3.05, 3.63) is 47.0 Å². The summed E-state index contributed by atoms with van der Waals surface area (Å²) in [5, 5.41) is 81.5. The minimum Gasteiger partial charge on any atom is -0.468 e. The summed E-state index contributed by atoms with van der Waals surface area (Å²) in [6.07, 6.45) is -14.8. The average molecular weight is 929 g/mol. The molecule has 4 fully saturated rings. The van der Waals surface area contributed by atoms with Crippen molar-refractivity contribution in [1.82, 2.24) is 0 Å². The summed E-state index contributed by atoms with van der Waals surface area (Å²) in [5.74, 6) is -6.59. The average Bonchev–Trinajstić information content (AvgIpc) is 3.60. The summed E-state index contributed by atoms with van der Waals surface area (Å²) < 4.78 is 56.9. The number of hydrogen-bond acceptors (Lipinski definition) is 22. The van der Waals surface area contributed by atoms with Gasteiger partial charge in [-0.3, -0.25) is 9.59 Å². The molecule has 0 amide bonds. The van der Waals surface area contributed by atoms with Gasteiger partial charge in [-0.2, -0.15) is 0 Å². The van der Waals surface area contributed by atoms with Crippen LogP contribution in [0.25, 0.3) is 0 Å². The van der Waals surface area contributed by atoms with Crippen LogP contribution in [0.5, 0.6) is 0 Å². The molecule has 364 valence electrons. The van der Waals surface area contributed by atoms with Gasteiger partial charge >= 0.3 is 23.9 Å². The van der Waals surface area contributed by atoms with Gasteiger partial charge in [0, 0.05) is 34.8 Å². The molecule has 8 N–H and O–H groups in total. The molecular weight excluding hydrogens is 868 g/mol. The van der Waals surface area contributed by atoms with E-state index in [4.69, 9.17) is 47.4 Å². The van der Waals surface area contributed by atoms with E-state index in [0.717, 1.165) is 19.6 Å². The SMILES string of the molecule is C/C=C1\C(OC2OC(CO)C(O)C(O)C2O)OC=C(C(=O)OC)C1CC(=O)OC1CC(C)C2COC(=O)CC3C(=COC(OC4OC(CO)C(O)C(O)C4O)/C3=C\C)C(=O)OCC(C)C12. The predicted octanol–water partition coefficient (Wildman–Crippen LogP) is -1.90. The Morgan fingerprint density at radius 1 is 0.754 bits per heavy atom. The second kappa shape index (κ2) is 21.7. The number of rotatable bonds is 10. The summed E-state index contributed by atoms with van der Waals surface area (Å²) in [6, 6.07) is 0. The number of hydrogen-bond donors (Lipinski definition) is 8. The number of carbonyl (C=O) groups is 4. The minimum atomic E-state index is -1.77. The standard InChI is InChI=1S/C43H60O22/c1-6-19-21-9-29(46)57-14-23-17(3)8-26(31(23)18(4)13-58-39(55)25(21)16-60-40(19)64-42-36(52)34(50)32(48)27(11-44)62-42)61-30(47)10-22-20(7-2)41(59-15-24(22)38(54)56-5)65-43-37(53)35(51)33(49)28(12-45)63-43/h6-7,15-18,21-23,26-28,31-37,40-45,48-53H,8-14H2,1-5H3/b19-6-,20-7-. The summed E-state index contributed by atoms with van der Waals surface area (Å²) >= 11 is 0. The molecule has 6 rings (SSSR count). The van der Waals surface area contributed by atoms with E-state index in [2.05, 4.69) is 0 Å². The Balaban J connectivity index is 1.16. The Morgan fingerprint density at radius 3 is 1.88 bits per heavy atom. The molecular formula is C43H60O22. The molecule has 19 unspecified atom stereocenters. The van der Waals surface area contributed by atoms with Crippen molar-refractivity contribution in [2.45, 2.75) is 127 Å². The van der Waals surface area contributed by atoms with Gasteiger partial charge in [0.25, 0.3) is 0 Å². The first-order valence-electron chi connectivity index (χ1n) is 21.5. The molecule has 0 radical (unpaired) electrons. The largest absolute Gasteiger partial charge is 0.468 e. The van der Waals surface area contributed by atoms with Gasteiger partial charge in [0.15, 0.2) is 12.6 Å². The van der Waals surface area contributed by atoms with Crippen LogP contribution < -0.4 is 0 Å². The molecule has 0 spiro atoms. The summed E-state index contributed by atoms with van der Waals surface area (Å²) in [4.78, 5) is 54.3. The summed E-state index contributed by atoms with van der Waals surface area (Å²) in [6.45, 7) is 5.28. The lowest BCUT2D eigenvalue weighted by Gasteiger charge is -2.42. The highest BCUT2D eigenvalue weighted by atomic mass is 16.8. The van der Waals surface area contributed by atoms with Gasteiger partial charge < -0.3 is 88.2 Å². The molecule has 0 aromatic heterocycles. The van der Waals surface area contributed by atoms with E-state index >= 15 is 0 Å². The first-order chi connectivity index (χ1) is 31.0. The van der Waals surface area contributed by atoms with Crippen molar-refractivity contribution in [1.29, 1.82) is 0 Å². The van der Waals surface area contributed by atoms with Crippen molar-refractivity contribution in [3.63, 3.8) is 0 Å². The van der Waals surface area contributed by atoms with Crippen LogP contribution in [0.15, 0.2) is 47.0 Å². The lowest BCUT2D eigenvalue weighted by atomic mass is 9.81. The van der Waals surface area contributed by atoms with Crippen molar-refractivity contribution in [2.24, 2.45) is 35.5 Å². The Kier molecular flexibility index (Phi) is 16.8. The minimum absolute atomic E-state index is 0.0460. The first-order valence-corrected chi connectivity index (χ1v) is 21.5. The molecule has 0 bridgehead atoms. The quantitative estimate of drug-likeness (QED) is 0.0674. The van der Waals surface area contributed by atoms with E-state index in [-0.39, 0.29) is 53.8 Å². The van der Waals surface area contributed by atoms with Gasteiger partial charge in [-0.25, -0.2) is 9.59 Å². The molecule has 6 aliphatic rings. The summed E-state index contributed by atoms with van der Waals surface area (Å²) in [5.41, 5.74) is 0.384. The third-order valence-corrected chi connectivity index (χ3v) is 13.1. The van der Waals surface area contributed by atoms with Gasteiger partial charge in [0.1, 0.15) is 54.9 Å². The van der Waals surface area contributed by atoms with Crippen LogP contribution in [-0.4, -0.2) is 178 Å². The number of cyclic esters (lactones) is 2. The summed E-state index contributed by atoms with van der Waals surface area (Å²) in [7, 11) is 1.14. The molecule has 0 aromatic carbocycles. The number of ether oxygens (including phenoxy) is 10. The van der Waals surface area contributed by atoms with E-state index in [1.54, 1.807) is 26.8 Å². The monoisotopic (exact) mass is 928 g/mol. The number of carbonyl (C=O) groups excluding carboxylic acids is 4. The molecule has 5 heterocycles. The van der Waals surface area contributed by atoms with Crippen LogP contribution in [0.1, 0.15) is 47.0 Å². The third-order valence-electron chi connectivity index (χ3n) is 13.1. The van der Waals surface area contributed by atoms with Crippen LogP contribution in [0.3, 0.4) is 0 Å². The topological polar surface area (TPSA) is 322 Å².